The Morgan fingerprint density at radius 3 is 2.15 bits per heavy atom. The molecule has 2 aromatic rings. The van der Waals surface area contributed by atoms with Gasteiger partial charge < -0.3 is 58.2 Å². The number of ether oxygens (including phenoxy) is 6. The maximum absolute atomic E-state index is 15.7. The lowest BCUT2D eigenvalue weighted by Crippen LogP contribution is -2.59. The SMILES string of the molecule is CCC1NC(=O)[C@H](C)N(C)C(=O)COc2cc(F)cc(c2)[C@@H](CCc2ccc(OC)c(OC)c2)OC(=O)[C@@H]2CCCCN2C(=O)C(=O)C(C)(C)COC(=O)C=CCCCN(C)C(=O)[C@@H]2CCCN2C(=O)[C@H](COC(C)(C)C)N(C)C1=O. The number of piperidine rings is 1. The summed E-state index contributed by atoms with van der Waals surface area (Å²) in [5, 5.41) is 2.73. The molecule has 446 valence electrons. The van der Waals surface area contributed by atoms with Crippen LogP contribution in [0, 0.1) is 11.2 Å². The molecule has 0 spiro atoms. The number of hydrogen-bond donors (Lipinski definition) is 1. The second-order valence-electron chi connectivity index (χ2n) is 22.5. The molecule has 2 fully saturated rings. The Bertz CT molecular complexity index is 2640. The van der Waals surface area contributed by atoms with Gasteiger partial charge in [-0.25, -0.2) is 14.0 Å². The molecule has 21 nitrogen and oxygen atoms in total. The van der Waals surface area contributed by atoms with Crippen molar-refractivity contribution < 1.29 is 76.0 Å². The molecule has 3 heterocycles. The van der Waals surface area contributed by atoms with Crippen LogP contribution in [0.1, 0.15) is 123 Å². The molecule has 6 atom stereocenters. The average Bonchev–Trinajstić information content (AvgIpc) is 3.94. The molecule has 6 amide bonds. The molecule has 5 rings (SSSR count). The summed E-state index contributed by atoms with van der Waals surface area (Å²) in [6, 6.07) is 3.35. The fourth-order valence-corrected chi connectivity index (χ4v) is 9.72. The lowest BCUT2D eigenvalue weighted by atomic mass is 9.87. The molecule has 22 heteroatoms. The van der Waals surface area contributed by atoms with E-state index in [1.807, 2.05) is 0 Å². The number of Topliss-reactive ketones (excluding diaryl/α,β-unsaturated/α-hetero) is 1. The van der Waals surface area contributed by atoms with Crippen molar-refractivity contribution in [1.82, 2.24) is 29.8 Å². The summed E-state index contributed by atoms with van der Waals surface area (Å²) in [6.45, 7) is 10.7. The van der Waals surface area contributed by atoms with Gasteiger partial charge in [0, 0.05) is 52.9 Å². The van der Waals surface area contributed by atoms with Gasteiger partial charge in [-0.15, -0.1) is 0 Å². The first-order chi connectivity index (χ1) is 38.2. The van der Waals surface area contributed by atoms with Gasteiger partial charge in [-0.3, -0.25) is 33.6 Å². The number of rotatable bonds is 8. The fraction of sp³-hybridized carbons (Fsp3) is 0.610. The summed E-state index contributed by atoms with van der Waals surface area (Å²) >= 11 is 0. The molecule has 3 aliphatic heterocycles. The van der Waals surface area contributed by atoms with Crippen LogP contribution < -0.4 is 19.5 Å². The summed E-state index contributed by atoms with van der Waals surface area (Å²) in [7, 11) is 7.41. The normalized spacial score (nSPS) is 24.3. The number of aryl methyl sites for hydroxylation is 1. The first-order valence-electron chi connectivity index (χ1n) is 27.8. The van der Waals surface area contributed by atoms with Gasteiger partial charge in [0.2, 0.25) is 29.4 Å². The van der Waals surface area contributed by atoms with Crippen molar-refractivity contribution in [1.29, 1.82) is 0 Å². The van der Waals surface area contributed by atoms with E-state index in [-0.39, 0.29) is 69.1 Å². The quantitative estimate of drug-likeness (QED) is 0.266. The highest BCUT2D eigenvalue weighted by molar-refractivity contribution is 6.38. The Hall–Kier alpha value is -7.10. The highest BCUT2D eigenvalue weighted by Gasteiger charge is 2.44. The number of methoxy groups -OCH3 is 2. The maximum Gasteiger partial charge on any atom is 0.330 e. The number of esters is 2. The lowest BCUT2D eigenvalue weighted by molar-refractivity contribution is -0.165. The molecular weight excluding hydrogens is 1050 g/mol. The number of benzene rings is 2. The van der Waals surface area contributed by atoms with Crippen LogP contribution in [0.3, 0.4) is 0 Å². The second-order valence-corrected chi connectivity index (χ2v) is 22.5. The third-order valence-corrected chi connectivity index (χ3v) is 14.9. The van der Waals surface area contributed by atoms with Crippen LogP contribution in [-0.4, -0.2) is 188 Å². The maximum atomic E-state index is 15.7. The van der Waals surface area contributed by atoms with Crippen molar-refractivity contribution in [2.24, 2.45) is 5.41 Å². The third-order valence-electron chi connectivity index (χ3n) is 14.9. The summed E-state index contributed by atoms with van der Waals surface area (Å²) in [6.07, 6.45) is 4.95. The molecule has 2 saturated heterocycles. The smallest absolute Gasteiger partial charge is 0.330 e. The number of cyclic esters (lactones) is 2. The van der Waals surface area contributed by atoms with Gasteiger partial charge in [-0.1, -0.05) is 19.1 Å². The minimum absolute atomic E-state index is 0.0555. The predicted octanol–water partition coefficient (Wildman–Crippen LogP) is 5.14. The Kier molecular flexibility index (Phi) is 23.2. The molecule has 0 saturated carbocycles. The minimum Gasteiger partial charge on any atom is -0.493 e. The van der Waals surface area contributed by atoms with Gasteiger partial charge >= 0.3 is 11.9 Å². The summed E-state index contributed by atoms with van der Waals surface area (Å²) in [4.78, 5) is 132. The number of allylic oxidation sites excluding steroid dienone is 1. The van der Waals surface area contributed by atoms with Gasteiger partial charge in [-0.05, 0) is 141 Å². The third kappa shape index (κ3) is 17.5. The lowest BCUT2D eigenvalue weighted by Gasteiger charge is -2.36. The van der Waals surface area contributed by atoms with E-state index in [9.17, 15) is 43.2 Å². The van der Waals surface area contributed by atoms with Crippen LogP contribution in [0.2, 0.25) is 0 Å². The summed E-state index contributed by atoms with van der Waals surface area (Å²) in [5.74, 6) is -6.24. The zero-order valence-corrected chi connectivity index (χ0v) is 49.1. The molecular formula is C59H83FN6O15. The number of carbonyl (C=O) groups is 9. The van der Waals surface area contributed by atoms with Crippen LogP contribution in [0.25, 0.3) is 0 Å². The molecule has 1 unspecified atom stereocenters. The number of carbonyl (C=O) groups excluding carboxylic acids is 9. The largest absolute Gasteiger partial charge is 0.493 e. The molecule has 81 heavy (non-hydrogen) atoms. The van der Waals surface area contributed by atoms with E-state index in [0.29, 0.717) is 50.0 Å². The van der Waals surface area contributed by atoms with Crippen LogP contribution >= 0.6 is 0 Å². The van der Waals surface area contributed by atoms with Crippen LogP contribution in [0.15, 0.2) is 48.6 Å². The van der Waals surface area contributed by atoms with Gasteiger partial charge in [-0.2, -0.15) is 0 Å². The zero-order chi connectivity index (χ0) is 59.9. The molecule has 0 aliphatic carbocycles. The fourth-order valence-electron chi connectivity index (χ4n) is 9.72. The molecule has 2 bridgehead atoms. The van der Waals surface area contributed by atoms with E-state index < -0.39 is 114 Å². The van der Waals surface area contributed by atoms with Crippen molar-refractivity contribution in [3.63, 3.8) is 0 Å². The van der Waals surface area contributed by atoms with Crippen molar-refractivity contribution >= 4 is 53.2 Å². The van der Waals surface area contributed by atoms with Crippen LogP contribution in [-0.2, 0) is 63.8 Å². The summed E-state index contributed by atoms with van der Waals surface area (Å²) in [5.41, 5.74) is -1.33. The number of hydrogen-bond acceptors (Lipinski definition) is 15. The molecule has 3 aliphatic rings. The van der Waals surface area contributed by atoms with E-state index in [4.69, 9.17) is 28.4 Å². The monoisotopic (exact) mass is 1130 g/mol. The van der Waals surface area contributed by atoms with Crippen LogP contribution in [0.5, 0.6) is 17.2 Å². The van der Waals surface area contributed by atoms with Gasteiger partial charge in [0.25, 0.3) is 11.8 Å². The summed E-state index contributed by atoms with van der Waals surface area (Å²) < 4.78 is 50.2. The number of ketones is 1. The van der Waals surface area contributed by atoms with Crippen LogP contribution in [0.4, 0.5) is 4.39 Å². The first kappa shape index (κ1) is 64.7. The number of nitrogens with zero attached hydrogens (tertiary/aromatic N) is 5. The number of likely N-dealkylation sites (N-methyl/N-ethyl adjacent to an activating group) is 3. The van der Waals surface area contributed by atoms with Gasteiger partial charge in [0.15, 0.2) is 18.1 Å². The van der Waals surface area contributed by atoms with E-state index in [1.54, 1.807) is 59.0 Å². The van der Waals surface area contributed by atoms with Crippen molar-refractivity contribution in [3.8, 4) is 17.2 Å². The first-order valence-corrected chi connectivity index (χ1v) is 27.8. The number of fused-ring (bicyclic) bond motifs is 4. The predicted molar refractivity (Wildman–Crippen MR) is 295 cm³/mol. The second kappa shape index (κ2) is 29.0. The highest BCUT2D eigenvalue weighted by Crippen LogP contribution is 2.34. The van der Waals surface area contributed by atoms with E-state index >= 15 is 4.39 Å². The number of nitrogens with one attached hydrogen (secondary N) is 1. The van der Waals surface area contributed by atoms with E-state index in [0.717, 1.165) is 22.6 Å². The molecule has 0 aromatic heterocycles. The van der Waals surface area contributed by atoms with E-state index in [2.05, 4.69) is 5.32 Å². The van der Waals surface area contributed by atoms with Gasteiger partial charge in [0.05, 0.1) is 31.8 Å². The Balaban J connectivity index is 1.46. The Morgan fingerprint density at radius 1 is 0.778 bits per heavy atom. The molecule has 0 radical (unpaired) electrons. The van der Waals surface area contributed by atoms with Crippen molar-refractivity contribution in [2.75, 3.05) is 74.8 Å². The number of amides is 6. The molecule has 2 aromatic carbocycles. The highest BCUT2D eigenvalue weighted by atomic mass is 19.1. The standard InChI is InChI=1S/C59H83FN6O15/c1-13-42-53(71)64(10)45(34-80-58(3,4)5)55(73)65-29-19-21-43(65)54(72)62(8)27-17-14-15-22-50(68)79-36-59(6,7)51(69)56(74)66-28-18-16-20-44(66)57(75)81-46(25-23-38-24-26-47(76-11)48(30-38)77-12)39-31-40(60)33-41(32-39)78-35-49(67)63(9)37(2)52(70)61-42/h15,22,24,26,30-33,37,42-46H,13-14,16-21,23,25,27-29,34-36H2,1-12H3,(H,61,70)/t37-,42?,43-,44-,45-,46+/m0/s1. The number of halogens is 1. The minimum atomic E-state index is -1.51. The van der Waals surface area contributed by atoms with E-state index in [1.165, 1.54) is 80.8 Å². The van der Waals surface area contributed by atoms with Crippen molar-refractivity contribution in [2.45, 2.75) is 155 Å². The molecule has 1 N–H and O–H groups in total. The topological polar surface area (TPSA) is 237 Å². The Labute approximate surface area is 475 Å². The van der Waals surface area contributed by atoms with Gasteiger partial charge in [0.1, 0.15) is 54.5 Å². The Morgan fingerprint density at radius 2 is 1.47 bits per heavy atom. The zero-order valence-electron chi connectivity index (χ0n) is 49.1. The van der Waals surface area contributed by atoms with Crippen molar-refractivity contribution in [3.05, 3.63) is 65.5 Å². The average molecular weight is 1140 g/mol.